The monoisotopic (exact) mass is 938 g/mol. The summed E-state index contributed by atoms with van der Waals surface area (Å²) in [5.41, 5.74) is 0.697. The molecule has 0 aliphatic carbocycles. The summed E-state index contributed by atoms with van der Waals surface area (Å²) < 4.78 is 11.3. The molecule has 14 heteroatoms. The van der Waals surface area contributed by atoms with E-state index >= 15 is 0 Å². The molecule has 0 bridgehead atoms. The van der Waals surface area contributed by atoms with Gasteiger partial charge in [0.05, 0.1) is 11.1 Å². The normalized spacial score (nSPS) is 13.5. The second kappa shape index (κ2) is 24.8. The molecule has 12 nitrogen and oxygen atoms in total. The highest BCUT2D eigenvalue weighted by molar-refractivity contribution is 8.76. The maximum Gasteiger partial charge on any atom is 0.329 e. The van der Waals surface area contributed by atoms with Gasteiger partial charge in [-0.05, 0) is 102 Å². The van der Waals surface area contributed by atoms with Gasteiger partial charge >= 0.3 is 11.9 Å². The van der Waals surface area contributed by atoms with Gasteiger partial charge in [-0.1, -0.05) is 134 Å². The molecule has 4 amide bonds. The Morgan fingerprint density at radius 3 is 1.09 bits per heavy atom. The molecule has 0 heterocycles. The smallest absolute Gasteiger partial charge is 0.329 e. The van der Waals surface area contributed by atoms with Gasteiger partial charge in [-0.15, -0.1) is 0 Å². The van der Waals surface area contributed by atoms with E-state index in [1.165, 1.54) is 21.6 Å². The first-order valence-corrected chi connectivity index (χ1v) is 24.5. The van der Waals surface area contributed by atoms with Gasteiger partial charge in [0, 0.05) is 22.6 Å². The Kier molecular flexibility index (Phi) is 19.9. The van der Waals surface area contributed by atoms with Crippen LogP contribution < -0.4 is 21.3 Å². The Morgan fingerprint density at radius 2 is 0.773 bits per heavy atom. The van der Waals surface area contributed by atoms with Crippen molar-refractivity contribution in [3.63, 3.8) is 0 Å². The number of hydrogen-bond donors (Lipinski definition) is 4. The molecule has 4 N–H and O–H groups in total. The lowest BCUT2D eigenvalue weighted by molar-refractivity contribution is -0.160. The number of benzene rings is 4. The van der Waals surface area contributed by atoms with Gasteiger partial charge in [0.2, 0.25) is 11.8 Å². The van der Waals surface area contributed by atoms with Crippen LogP contribution in [-0.4, -0.2) is 70.9 Å². The Bertz CT molecular complexity index is 2100. The first-order valence-electron chi connectivity index (χ1n) is 22.4. The van der Waals surface area contributed by atoms with E-state index in [4.69, 9.17) is 9.47 Å². The Labute approximate surface area is 398 Å². The summed E-state index contributed by atoms with van der Waals surface area (Å²) in [4.78, 5) is 84.1. The predicted octanol–water partition coefficient (Wildman–Crippen LogP) is 8.91. The van der Waals surface area contributed by atoms with Crippen LogP contribution in [0.5, 0.6) is 0 Å². The van der Waals surface area contributed by atoms with E-state index < -0.39 is 70.9 Å². The van der Waals surface area contributed by atoms with Crippen LogP contribution in [0.1, 0.15) is 114 Å². The van der Waals surface area contributed by atoms with E-state index in [1.807, 2.05) is 88.4 Å². The van der Waals surface area contributed by atoms with Gasteiger partial charge in [0.15, 0.2) is 0 Å². The fraction of sp³-hybridized carbons (Fsp3) is 0.423. The van der Waals surface area contributed by atoms with E-state index in [0.717, 1.165) is 11.1 Å². The molecule has 0 unspecified atom stereocenters. The fourth-order valence-corrected chi connectivity index (χ4v) is 9.15. The molecule has 0 aliphatic heterocycles. The lowest BCUT2D eigenvalue weighted by Gasteiger charge is -2.27. The minimum absolute atomic E-state index is 0.0657. The molecule has 4 aromatic rings. The number of esters is 2. The summed E-state index contributed by atoms with van der Waals surface area (Å²) >= 11 is 0. The maximum atomic E-state index is 14.2. The van der Waals surface area contributed by atoms with Crippen molar-refractivity contribution in [2.75, 3.05) is 0 Å². The van der Waals surface area contributed by atoms with Crippen molar-refractivity contribution in [1.82, 2.24) is 21.3 Å². The molecule has 66 heavy (non-hydrogen) atoms. The first kappa shape index (κ1) is 53.0. The van der Waals surface area contributed by atoms with Gasteiger partial charge in [0.1, 0.15) is 35.4 Å². The van der Waals surface area contributed by atoms with Crippen molar-refractivity contribution >= 4 is 57.2 Å². The summed E-state index contributed by atoms with van der Waals surface area (Å²) in [6.07, 6.45) is 1.01. The van der Waals surface area contributed by atoms with Crippen molar-refractivity contribution in [1.29, 1.82) is 0 Å². The summed E-state index contributed by atoms with van der Waals surface area (Å²) in [6.45, 7) is 18.4. The summed E-state index contributed by atoms with van der Waals surface area (Å²) in [7, 11) is 2.52. The molecule has 0 saturated carbocycles. The molecule has 0 fully saturated rings. The van der Waals surface area contributed by atoms with E-state index in [1.54, 1.807) is 90.1 Å². The molecule has 0 aliphatic rings. The topological polar surface area (TPSA) is 169 Å². The van der Waals surface area contributed by atoms with Crippen molar-refractivity contribution in [3.05, 3.63) is 131 Å². The van der Waals surface area contributed by atoms with Crippen LogP contribution >= 0.6 is 21.6 Å². The number of ether oxygens (including phenoxy) is 2. The van der Waals surface area contributed by atoms with Crippen LogP contribution in [0.3, 0.4) is 0 Å². The van der Waals surface area contributed by atoms with Crippen LogP contribution in [0.2, 0.25) is 0 Å². The quantitative estimate of drug-likeness (QED) is 0.0468. The summed E-state index contributed by atoms with van der Waals surface area (Å²) in [5, 5.41) is 11.6. The van der Waals surface area contributed by atoms with Crippen LogP contribution in [0, 0.1) is 11.8 Å². The number of hydrogen-bond acceptors (Lipinski definition) is 10. The average molecular weight is 939 g/mol. The molecule has 4 rings (SSSR count). The molecule has 354 valence electrons. The Balaban J connectivity index is 1.56. The highest BCUT2D eigenvalue weighted by Crippen LogP contribution is 2.40. The van der Waals surface area contributed by atoms with Crippen LogP contribution in [0.15, 0.2) is 119 Å². The van der Waals surface area contributed by atoms with Crippen LogP contribution in [0.4, 0.5) is 0 Å². The lowest BCUT2D eigenvalue weighted by atomic mass is 10.0. The van der Waals surface area contributed by atoms with Crippen molar-refractivity contribution in [2.45, 2.75) is 140 Å². The van der Waals surface area contributed by atoms with E-state index in [-0.39, 0.29) is 24.7 Å². The molecular weight excluding hydrogens is 873 g/mol. The Morgan fingerprint density at radius 1 is 0.455 bits per heavy atom. The molecule has 0 aromatic heterocycles. The van der Waals surface area contributed by atoms with E-state index in [9.17, 15) is 28.8 Å². The second-order valence-electron chi connectivity index (χ2n) is 19.0. The maximum absolute atomic E-state index is 14.2. The van der Waals surface area contributed by atoms with E-state index in [0.29, 0.717) is 33.8 Å². The van der Waals surface area contributed by atoms with Gasteiger partial charge in [-0.2, -0.15) is 0 Å². The fourth-order valence-electron chi connectivity index (χ4n) is 6.80. The molecular formula is C52H66N4O8S2. The third kappa shape index (κ3) is 18.0. The summed E-state index contributed by atoms with van der Waals surface area (Å²) in [6, 6.07) is 28.6. The number of carbonyl (C=O) groups is 6. The average Bonchev–Trinajstić information content (AvgIpc) is 3.24. The SMILES string of the molecule is CC(C)C[C@H](NC(=O)[C@H](Cc1ccccc1)NC(=O)c1ccccc1SSc1ccccc1C(=O)N[C@@H](Cc1ccccc1)C(=O)N[C@@H](CC(C)C)C(=O)OC(C)(C)C)C(=O)OC(C)(C)C. The lowest BCUT2D eigenvalue weighted by Crippen LogP contribution is -2.53. The molecule has 4 aromatic carbocycles. The second-order valence-corrected chi connectivity index (χ2v) is 21.3. The van der Waals surface area contributed by atoms with Gasteiger partial charge < -0.3 is 30.7 Å². The minimum Gasteiger partial charge on any atom is -0.458 e. The molecule has 4 atom stereocenters. The zero-order valence-electron chi connectivity index (χ0n) is 39.8. The predicted molar refractivity (Wildman–Crippen MR) is 262 cm³/mol. The Hall–Kier alpha value is -5.60. The van der Waals surface area contributed by atoms with Crippen molar-refractivity contribution in [3.8, 4) is 0 Å². The third-order valence-corrected chi connectivity index (χ3v) is 12.2. The number of carbonyl (C=O) groups excluding carboxylic acids is 6. The van der Waals surface area contributed by atoms with Crippen molar-refractivity contribution in [2.24, 2.45) is 11.8 Å². The third-order valence-electron chi connectivity index (χ3n) is 9.72. The van der Waals surface area contributed by atoms with Gasteiger partial charge in [-0.3, -0.25) is 19.2 Å². The van der Waals surface area contributed by atoms with Crippen LogP contribution in [0.25, 0.3) is 0 Å². The van der Waals surface area contributed by atoms with Crippen molar-refractivity contribution < 1.29 is 38.2 Å². The number of nitrogens with one attached hydrogen (secondary N) is 4. The largest absolute Gasteiger partial charge is 0.458 e. The zero-order chi connectivity index (χ0) is 48.6. The summed E-state index contributed by atoms with van der Waals surface area (Å²) in [5.74, 6) is -3.03. The number of amides is 4. The highest BCUT2D eigenvalue weighted by Gasteiger charge is 2.33. The van der Waals surface area contributed by atoms with E-state index in [2.05, 4.69) is 21.3 Å². The minimum atomic E-state index is -1.04. The molecule has 0 spiro atoms. The zero-order valence-corrected chi connectivity index (χ0v) is 41.4. The van der Waals surface area contributed by atoms with Gasteiger partial charge in [0.25, 0.3) is 11.8 Å². The van der Waals surface area contributed by atoms with Gasteiger partial charge in [-0.25, -0.2) is 9.59 Å². The van der Waals surface area contributed by atoms with Crippen LogP contribution in [-0.2, 0) is 41.5 Å². The highest BCUT2D eigenvalue weighted by atomic mass is 33.1. The standard InChI is InChI=1S/C52H66N4O8S2/c1-33(2)29-41(49(61)63-51(5,6)7)55-47(59)39(31-35-21-13-11-14-22-35)53-45(57)37-25-17-19-27-43(37)65-66-44-28-20-18-26-38(44)46(58)54-40(32-36-23-15-12-16-24-36)48(60)56-42(30-34(3)4)50(62)64-52(8,9)10/h11-28,33-34,39-42H,29-32H2,1-10H3,(H,53,57)(H,54,58)(H,55,59)(H,56,60)/t39-,40-,41-,42-/m0/s1. The molecule has 0 radical (unpaired) electrons. The first-order chi connectivity index (χ1) is 31.1. The molecule has 0 saturated heterocycles. The number of rotatable bonds is 21.